The van der Waals surface area contributed by atoms with Crippen LogP contribution in [0.1, 0.15) is 17.4 Å². The van der Waals surface area contributed by atoms with Gasteiger partial charge in [0.15, 0.2) is 0 Å². The summed E-state index contributed by atoms with van der Waals surface area (Å²) in [7, 11) is 1.52. The topological polar surface area (TPSA) is 87.7 Å². The van der Waals surface area contributed by atoms with Gasteiger partial charge in [-0.3, -0.25) is 9.59 Å². The standard InChI is InChI=1S/C18H20ClN5O3/c1-12(25)23-5-7-24(8-6-23)17-10-15(20-11-21-17)18(26)22-14-9-13(19)3-4-16(14)27-2/h3-4,9-11H,5-8H2,1-2H3,(H,22,26). The van der Waals surface area contributed by atoms with Gasteiger partial charge in [-0.2, -0.15) is 0 Å². The lowest BCUT2D eigenvalue weighted by molar-refractivity contribution is -0.129. The normalized spacial score (nSPS) is 14.0. The number of carbonyl (C=O) groups excluding carboxylic acids is 2. The largest absolute Gasteiger partial charge is 0.495 e. The van der Waals surface area contributed by atoms with E-state index < -0.39 is 0 Å². The molecule has 0 radical (unpaired) electrons. The number of ether oxygens (including phenoxy) is 1. The highest BCUT2D eigenvalue weighted by atomic mass is 35.5. The summed E-state index contributed by atoms with van der Waals surface area (Å²) in [6, 6.07) is 6.61. The van der Waals surface area contributed by atoms with Crippen LogP contribution in [0.25, 0.3) is 0 Å². The summed E-state index contributed by atoms with van der Waals surface area (Å²) in [4.78, 5) is 36.2. The summed E-state index contributed by atoms with van der Waals surface area (Å²) in [5, 5.41) is 3.24. The highest BCUT2D eigenvalue weighted by Crippen LogP contribution is 2.28. The van der Waals surface area contributed by atoms with E-state index in [1.165, 1.54) is 13.4 Å². The minimum atomic E-state index is -0.387. The Bertz CT molecular complexity index is 853. The van der Waals surface area contributed by atoms with Crippen molar-refractivity contribution in [1.82, 2.24) is 14.9 Å². The van der Waals surface area contributed by atoms with E-state index in [-0.39, 0.29) is 17.5 Å². The molecular formula is C18H20ClN5O3. The predicted octanol–water partition coefficient (Wildman–Crippen LogP) is 2.06. The molecule has 0 saturated carbocycles. The highest BCUT2D eigenvalue weighted by molar-refractivity contribution is 6.31. The molecule has 27 heavy (non-hydrogen) atoms. The van der Waals surface area contributed by atoms with Gasteiger partial charge in [-0.1, -0.05) is 11.6 Å². The fourth-order valence-electron chi connectivity index (χ4n) is 2.86. The molecular weight excluding hydrogens is 370 g/mol. The number of hydrogen-bond donors (Lipinski definition) is 1. The SMILES string of the molecule is COc1ccc(Cl)cc1NC(=O)c1cc(N2CCN(C(C)=O)CC2)ncn1. The lowest BCUT2D eigenvalue weighted by atomic mass is 10.2. The van der Waals surface area contributed by atoms with Gasteiger partial charge in [0.05, 0.1) is 12.8 Å². The fourth-order valence-corrected chi connectivity index (χ4v) is 3.03. The van der Waals surface area contributed by atoms with Crippen LogP contribution in [0.5, 0.6) is 5.75 Å². The number of aromatic nitrogens is 2. The maximum atomic E-state index is 12.6. The van der Waals surface area contributed by atoms with Crippen molar-refractivity contribution in [3.8, 4) is 5.75 Å². The van der Waals surface area contributed by atoms with Crippen LogP contribution < -0.4 is 15.0 Å². The van der Waals surface area contributed by atoms with Crippen LogP contribution in [0.3, 0.4) is 0 Å². The first-order valence-corrected chi connectivity index (χ1v) is 8.83. The van der Waals surface area contributed by atoms with Crippen molar-refractivity contribution in [2.75, 3.05) is 43.5 Å². The smallest absolute Gasteiger partial charge is 0.274 e. The van der Waals surface area contributed by atoms with Crippen molar-refractivity contribution in [3.63, 3.8) is 0 Å². The number of rotatable bonds is 4. The van der Waals surface area contributed by atoms with E-state index in [0.717, 1.165) is 0 Å². The van der Waals surface area contributed by atoms with E-state index in [1.54, 1.807) is 36.1 Å². The molecule has 1 aliphatic heterocycles. The molecule has 1 fully saturated rings. The molecule has 1 aliphatic rings. The number of benzene rings is 1. The lowest BCUT2D eigenvalue weighted by Gasteiger charge is -2.34. The molecule has 2 amide bonds. The quantitative estimate of drug-likeness (QED) is 0.861. The summed E-state index contributed by atoms with van der Waals surface area (Å²) >= 11 is 6.00. The van der Waals surface area contributed by atoms with Crippen molar-refractivity contribution in [3.05, 3.63) is 41.3 Å². The van der Waals surface area contributed by atoms with Crippen LogP contribution in [-0.4, -0.2) is 60.0 Å². The molecule has 1 aromatic heterocycles. The van der Waals surface area contributed by atoms with Crippen LogP contribution in [0.2, 0.25) is 5.02 Å². The molecule has 2 heterocycles. The van der Waals surface area contributed by atoms with Crippen LogP contribution >= 0.6 is 11.6 Å². The molecule has 0 unspecified atom stereocenters. The van der Waals surface area contributed by atoms with E-state index in [0.29, 0.717) is 48.5 Å². The molecule has 9 heteroatoms. The highest BCUT2D eigenvalue weighted by Gasteiger charge is 2.21. The summed E-state index contributed by atoms with van der Waals surface area (Å²) < 4.78 is 5.24. The Balaban J connectivity index is 1.73. The number of nitrogens with zero attached hydrogens (tertiary/aromatic N) is 4. The maximum Gasteiger partial charge on any atom is 0.274 e. The van der Waals surface area contributed by atoms with Crippen molar-refractivity contribution in [2.45, 2.75) is 6.92 Å². The number of amides is 2. The maximum absolute atomic E-state index is 12.6. The van der Waals surface area contributed by atoms with Crippen LogP contribution in [0.4, 0.5) is 11.5 Å². The number of methoxy groups -OCH3 is 1. The van der Waals surface area contributed by atoms with E-state index >= 15 is 0 Å². The average molecular weight is 390 g/mol. The molecule has 142 valence electrons. The Labute approximate surface area is 162 Å². The molecule has 0 aliphatic carbocycles. The third-order valence-electron chi connectivity index (χ3n) is 4.34. The molecule has 0 bridgehead atoms. The number of hydrogen-bond acceptors (Lipinski definition) is 6. The second-order valence-electron chi connectivity index (χ2n) is 6.05. The molecule has 0 atom stereocenters. The predicted molar refractivity (Wildman–Crippen MR) is 102 cm³/mol. The summed E-state index contributed by atoms with van der Waals surface area (Å²) in [6.07, 6.45) is 1.36. The van der Waals surface area contributed by atoms with E-state index in [4.69, 9.17) is 16.3 Å². The molecule has 0 spiro atoms. The average Bonchev–Trinajstić information content (AvgIpc) is 2.68. The number of piperazine rings is 1. The second kappa shape index (κ2) is 8.22. The summed E-state index contributed by atoms with van der Waals surface area (Å²) in [6.45, 7) is 4.12. The van der Waals surface area contributed by atoms with Crippen molar-refractivity contribution >= 4 is 34.9 Å². The van der Waals surface area contributed by atoms with Gasteiger partial charge < -0.3 is 19.9 Å². The van der Waals surface area contributed by atoms with Gasteiger partial charge in [-0.05, 0) is 18.2 Å². The third kappa shape index (κ3) is 4.46. The van der Waals surface area contributed by atoms with Gasteiger partial charge in [0.1, 0.15) is 23.6 Å². The molecule has 1 aromatic carbocycles. The molecule has 3 rings (SSSR count). The van der Waals surface area contributed by atoms with Crippen molar-refractivity contribution < 1.29 is 14.3 Å². The molecule has 1 saturated heterocycles. The van der Waals surface area contributed by atoms with E-state index in [2.05, 4.69) is 15.3 Å². The third-order valence-corrected chi connectivity index (χ3v) is 4.58. The Hall–Kier alpha value is -2.87. The first-order chi connectivity index (χ1) is 13.0. The van der Waals surface area contributed by atoms with Crippen LogP contribution in [0.15, 0.2) is 30.6 Å². The molecule has 2 aromatic rings. The summed E-state index contributed by atoms with van der Waals surface area (Å²) in [5.74, 6) is 0.827. The first kappa shape index (κ1) is 18.9. The van der Waals surface area contributed by atoms with Crippen LogP contribution in [0, 0.1) is 0 Å². The Morgan fingerprint density at radius 3 is 2.56 bits per heavy atom. The zero-order chi connectivity index (χ0) is 19.4. The first-order valence-electron chi connectivity index (χ1n) is 8.45. The van der Waals surface area contributed by atoms with Crippen molar-refractivity contribution in [1.29, 1.82) is 0 Å². The number of halogens is 1. The van der Waals surface area contributed by atoms with Gasteiger partial charge in [0, 0.05) is 44.2 Å². The van der Waals surface area contributed by atoms with Gasteiger partial charge >= 0.3 is 0 Å². The molecule has 8 nitrogen and oxygen atoms in total. The zero-order valence-corrected chi connectivity index (χ0v) is 15.9. The van der Waals surface area contributed by atoms with E-state index in [9.17, 15) is 9.59 Å². The van der Waals surface area contributed by atoms with Crippen molar-refractivity contribution in [2.24, 2.45) is 0 Å². The molecule has 1 N–H and O–H groups in total. The Kier molecular flexibility index (Phi) is 5.75. The van der Waals surface area contributed by atoms with Gasteiger partial charge in [-0.25, -0.2) is 9.97 Å². The lowest BCUT2D eigenvalue weighted by Crippen LogP contribution is -2.48. The van der Waals surface area contributed by atoms with E-state index in [1.807, 2.05) is 4.90 Å². The van der Waals surface area contributed by atoms with Gasteiger partial charge in [0.2, 0.25) is 5.91 Å². The van der Waals surface area contributed by atoms with Crippen LogP contribution in [-0.2, 0) is 4.79 Å². The Morgan fingerprint density at radius 2 is 1.89 bits per heavy atom. The number of carbonyl (C=O) groups is 2. The minimum Gasteiger partial charge on any atom is -0.495 e. The number of nitrogens with one attached hydrogen (secondary N) is 1. The Morgan fingerprint density at radius 1 is 1.15 bits per heavy atom. The number of anilines is 2. The van der Waals surface area contributed by atoms with Gasteiger partial charge in [-0.15, -0.1) is 0 Å². The van der Waals surface area contributed by atoms with Gasteiger partial charge in [0.25, 0.3) is 5.91 Å². The monoisotopic (exact) mass is 389 g/mol. The fraction of sp³-hybridized carbons (Fsp3) is 0.333. The second-order valence-corrected chi connectivity index (χ2v) is 6.49. The zero-order valence-electron chi connectivity index (χ0n) is 15.1. The minimum absolute atomic E-state index is 0.0628. The summed E-state index contributed by atoms with van der Waals surface area (Å²) in [5.41, 5.74) is 0.696.